The predicted octanol–water partition coefficient (Wildman–Crippen LogP) is 1.92. The van der Waals surface area contributed by atoms with Crippen LogP contribution in [0.4, 0.5) is 0 Å². The lowest BCUT2D eigenvalue weighted by atomic mass is 10.0. The summed E-state index contributed by atoms with van der Waals surface area (Å²) < 4.78 is 29.2. The first kappa shape index (κ1) is 14.3. The van der Waals surface area contributed by atoms with Crippen molar-refractivity contribution >= 4 is 9.84 Å². The zero-order valence-electron chi connectivity index (χ0n) is 11.6. The van der Waals surface area contributed by atoms with Gasteiger partial charge in [-0.15, -0.1) is 0 Å². The van der Waals surface area contributed by atoms with E-state index in [4.69, 9.17) is 4.74 Å². The summed E-state index contributed by atoms with van der Waals surface area (Å²) in [5.74, 6) is 0.820. The van der Waals surface area contributed by atoms with E-state index in [1.165, 1.54) is 6.26 Å². The van der Waals surface area contributed by atoms with Crippen LogP contribution in [-0.2, 0) is 9.84 Å². The molecule has 0 spiro atoms. The monoisotopic (exact) mass is 283 g/mol. The molecule has 19 heavy (non-hydrogen) atoms. The van der Waals surface area contributed by atoms with Crippen molar-refractivity contribution in [2.75, 3.05) is 13.3 Å². The van der Waals surface area contributed by atoms with E-state index in [1.807, 2.05) is 24.3 Å². The van der Waals surface area contributed by atoms with E-state index in [0.29, 0.717) is 6.10 Å². The van der Waals surface area contributed by atoms with Crippen LogP contribution in [0.2, 0.25) is 0 Å². The van der Waals surface area contributed by atoms with Crippen LogP contribution in [0.25, 0.3) is 0 Å². The molecule has 5 heteroatoms. The van der Waals surface area contributed by atoms with E-state index >= 15 is 0 Å². The molecule has 1 fully saturated rings. The van der Waals surface area contributed by atoms with E-state index in [9.17, 15) is 8.42 Å². The van der Waals surface area contributed by atoms with Gasteiger partial charge in [-0.05, 0) is 44.5 Å². The van der Waals surface area contributed by atoms with Gasteiger partial charge in [0, 0.05) is 12.3 Å². The average Bonchev–Trinajstić information content (AvgIpc) is 3.13. The minimum absolute atomic E-state index is 0.224. The number of ether oxygens (including phenoxy) is 1. The molecule has 0 heterocycles. The quantitative estimate of drug-likeness (QED) is 0.866. The number of hydrogen-bond acceptors (Lipinski definition) is 4. The molecule has 0 radical (unpaired) electrons. The largest absolute Gasteiger partial charge is 0.490 e. The fourth-order valence-corrected chi connectivity index (χ4v) is 2.87. The fourth-order valence-electron chi connectivity index (χ4n) is 2.08. The number of benzene rings is 1. The van der Waals surface area contributed by atoms with E-state index in [1.54, 1.807) is 14.0 Å². The number of hydrogen-bond donors (Lipinski definition) is 1. The van der Waals surface area contributed by atoms with Gasteiger partial charge < -0.3 is 10.1 Å². The molecule has 0 aliphatic heterocycles. The van der Waals surface area contributed by atoms with Crippen LogP contribution in [0.3, 0.4) is 0 Å². The Labute approximate surface area is 115 Å². The third-order valence-electron chi connectivity index (χ3n) is 3.50. The van der Waals surface area contributed by atoms with Crippen LogP contribution in [0.1, 0.15) is 31.4 Å². The summed E-state index contributed by atoms with van der Waals surface area (Å²) in [7, 11) is -1.31. The molecule has 0 aromatic heterocycles. The van der Waals surface area contributed by atoms with Crippen molar-refractivity contribution in [2.45, 2.75) is 37.2 Å². The van der Waals surface area contributed by atoms with Gasteiger partial charge in [-0.25, -0.2) is 8.42 Å². The van der Waals surface area contributed by atoms with Crippen molar-refractivity contribution in [3.8, 4) is 5.75 Å². The van der Waals surface area contributed by atoms with Crippen LogP contribution in [0.5, 0.6) is 5.75 Å². The first-order valence-corrected chi connectivity index (χ1v) is 8.50. The second-order valence-corrected chi connectivity index (χ2v) is 7.59. The van der Waals surface area contributed by atoms with Gasteiger partial charge >= 0.3 is 0 Å². The third kappa shape index (κ3) is 3.70. The molecule has 1 aromatic carbocycles. The van der Waals surface area contributed by atoms with Crippen LogP contribution < -0.4 is 10.1 Å². The predicted molar refractivity (Wildman–Crippen MR) is 76.2 cm³/mol. The minimum Gasteiger partial charge on any atom is -0.490 e. The van der Waals surface area contributed by atoms with Crippen LogP contribution in [0.15, 0.2) is 24.3 Å². The smallest absolute Gasteiger partial charge is 0.151 e. The first-order valence-electron chi connectivity index (χ1n) is 6.54. The lowest BCUT2D eigenvalue weighted by molar-refractivity contribution is 0.302. The van der Waals surface area contributed by atoms with Crippen molar-refractivity contribution in [3.63, 3.8) is 0 Å². The first-order chi connectivity index (χ1) is 8.91. The highest BCUT2D eigenvalue weighted by Crippen LogP contribution is 2.29. The van der Waals surface area contributed by atoms with Crippen molar-refractivity contribution in [2.24, 2.45) is 0 Å². The van der Waals surface area contributed by atoms with Gasteiger partial charge in [-0.3, -0.25) is 0 Å². The lowest BCUT2D eigenvalue weighted by Crippen LogP contribution is -2.32. The lowest BCUT2D eigenvalue weighted by Gasteiger charge is -2.23. The molecular formula is C14H21NO3S. The van der Waals surface area contributed by atoms with Crippen molar-refractivity contribution < 1.29 is 13.2 Å². The molecule has 2 rings (SSSR count). The molecule has 1 aromatic rings. The minimum atomic E-state index is -3.09. The van der Waals surface area contributed by atoms with Gasteiger partial charge in [0.25, 0.3) is 0 Å². The van der Waals surface area contributed by atoms with Gasteiger partial charge in [-0.1, -0.05) is 12.1 Å². The standard InChI is InChI=1S/C14H21NO3S/c1-10(19(3,16)17)14(15-2)11-5-4-6-13(9-11)18-12-7-8-12/h4-6,9-10,12,14-15H,7-8H2,1-3H3. The molecule has 106 valence electrons. The molecule has 1 aliphatic rings. The van der Waals surface area contributed by atoms with Crippen LogP contribution in [0, 0.1) is 0 Å². The highest BCUT2D eigenvalue weighted by molar-refractivity contribution is 7.91. The van der Waals surface area contributed by atoms with Crippen molar-refractivity contribution in [3.05, 3.63) is 29.8 Å². The molecule has 1 N–H and O–H groups in total. The highest BCUT2D eigenvalue weighted by Gasteiger charge is 2.27. The summed E-state index contributed by atoms with van der Waals surface area (Å²) in [6.45, 7) is 1.73. The molecule has 2 unspecified atom stereocenters. The molecule has 4 nitrogen and oxygen atoms in total. The third-order valence-corrected chi connectivity index (χ3v) is 5.12. The summed E-state index contributed by atoms with van der Waals surface area (Å²) in [4.78, 5) is 0. The summed E-state index contributed by atoms with van der Waals surface area (Å²) in [6.07, 6.45) is 3.83. The van der Waals surface area contributed by atoms with Gasteiger partial charge in [0.1, 0.15) is 5.75 Å². The van der Waals surface area contributed by atoms with E-state index < -0.39 is 15.1 Å². The van der Waals surface area contributed by atoms with Crippen molar-refractivity contribution in [1.82, 2.24) is 5.32 Å². The average molecular weight is 283 g/mol. The zero-order chi connectivity index (χ0) is 14.0. The Kier molecular flexibility index (Phi) is 4.16. The number of sulfone groups is 1. The van der Waals surface area contributed by atoms with Gasteiger partial charge in [0.15, 0.2) is 9.84 Å². The summed E-state index contributed by atoms with van der Waals surface area (Å²) >= 11 is 0. The van der Waals surface area contributed by atoms with Crippen LogP contribution in [-0.4, -0.2) is 33.1 Å². The van der Waals surface area contributed by atoms with Crippen molar-refractivity contribution in [1.29, 1.82) is 0 Å². The molecule has 0 saturated heterocycles. The summed E-state index contributed by atoms with van der Waals surface area (Å²) in [5.41, 5.74) is 0.943. The Bertz CT molecular complexity index is 537. The second-order valence-electron chi connectivity index (χ2n) is 5.19. The molecular weight excluding hydrogens is 262 g/mol. The Morgan fingerprint density at radius 1 is 1.37 bits per heavy atom. The molecule has 2 atom stereocenters. The van der Waals surface area contributed by atoms with E-state index in [0.717, 1.165) is 24.2 Å². The summed E-state index contributed by atoms with van der Waals surface area (Å²) in [5, 5.41) is 2.61. The maximum atomic E-state index is 11.7. The Morgan fingerprint density at radius 3 is 2.58 bits per heavy atom. The Balaban J connectivity index is 2.22. The molecule has 1 aliphatic carbocycles. The number of nitrogens with one attached hydrogen (secondary N) is 1. The van der Waals surface area contributed by atoms with E-state index in [-0.39, 0.29) is 6.04 Å². The fraction of sp³-hybridized carbons (Fsp3) is 0.571. The normalized spacial score (nSPS) is 18.9. The van der Waals surface area contributed by atoms with Gasteiger partial charge in [0.2, 0.25) is 0 Å². The maximum Gasteiger partial charge on any atom is 0.151 e. The highest BCUT2D eigenvalue weighted by atomic mass is 32.2. The molecule has 1 saturated carbocycles. The molecule has 0 bridgehead atoms. The Hall–Kier alpha value is -1.07. The summed E-state index contributed by atoms with van der Waals surface area (Å²) in [6, 6.07) is 7.47. The maximum absolute atomic E-state index is 11.7. The second kappa shape index (κ2) is 5.51. The number of rotatable bonds is 6. The SMILES string of the molecule is CNC(c1cccc(OC2CC2)c1)C(C)S(C)(=O)=O. The zero-order valence-corrected chi connectivity index (χ0v) is 12.4. The van der Waals surface area contributed by atoms with Gasteiger partial charge in [-0.2, -0.15) is 0 Å². The molecule has 0 amide bonds. The van der Waals surface area contributed by atoms with Crippen LogP contribution >= 0.6 is 0 Å². The Morgan fingerprint density at radius 2 is 2.05 bits per heavy atom. The topological polar surface area (TPSA) is 55.4 Å². The van der Waals surface area contributed by atoms with E-state index in [2.05, 4.69) is 5.32 Å². The van der Waals surface area contributed by atoms with Gasteiger partial charge in [0.05, 0.1) is 11.4 Å².